The summed E-state index contributed by atoms with van der Waals surface area (Å²) in [4.78, 5) is 34.6. The quantitative estimate of drug-likeness (QED) is 0.537. The second kappa shape index (κ2) is 6.87. The van der Waals surface area contributed by atoms with E-state index in [1.165, 1.54) is 22.6 Å². The van der Waals surface area contributed by atoms with Crippen LogP contribution in [0.2, 0.25) is 0 Å². The first kappa shape index (κ1) is 16.7. The molecule has 3 heterocycles. The number of nitrogens with one attached hydrogen (secondary N) is 1. The Bertz CT molecular complexity index is 1160. The van der Waals surface area contributed by atoms with Crippen LogP contribution in [0.5, 0.6) is 0 Å². The SMILES string of the molecule is O=C(O)c1cnn(-c2nc3ncn(CCCc4ccccc4)c3c(=O)[nH]2)c1. The van der Waals surface area contributed by atoms with Crippen LogP contribution in [0.25, 0.3) is 17.1 Å². The fourth-order valence-electron chi connectivity index (χ4n) is 2.90. The van der Waals surface area contributed by atoms with E-state index in [2.05, 4.69) is 32.2 Å². The van der Waals surface area contributed by atoms with Crippen LogP contribution in [0.1, 0.15) is 22.3 Å². The van der Waals surface area contributed by atoms with Gasteiger partial charge in [-0.15, -0.1) is 0 Å². The number of nitrogens with zero attached hydrogens (tertiary/aromatic N) is 5. The maximum atomic E-state index is 12.5. The third kappa shape index (κ3) is 3.34. The van der Waals surface area contributed by atoms with Crippen molar-refractivity contribution in [3.8, 4) is 5.95 Å². The largest absolute Gasteiger partial charge is 0.478 e. The minimum Gasteiger partial charge on any atom is -0.478 e. The lowest BCUT2D eigenvalue weighted by Crippen LogP contribution is -2.16. The van der Waals surface area contributed by atoms with Crippen LogP contribution in [-0.2, 0) is 13.0 Å². The number of benzene rings is 1. The zero-order valence-corrected chi connectivity index (χ0v) is 14.2. The number of rotatable bonds is 6. The van der Waals surface area contributed by atoms with Crippen LogP contribution in [0.4, 0.5) is 0 Å². The number of carboxylic acids is 1. The van der Waals surface area contributed by atoms with E-state index in [4.69, 9.17) is 5.11 Å². The summed E-state index contributed by atoms with van der Waals surface area (Å²) in [5, 5.41) is 12.9. The van der Waals surface area contributed by atoms with Gasteiger partial charge in [-0.2, -0.15) is 10.1 Å². The molecule has 4 aromatic rings. The first-order valence-electron chi connectivity index (χ1n) is 8.39. The lowest BCUT2D eigenvalue weighted by atomic mass is 10.1. The summed E-state index contributed by atoms with van der Waals surface area (Å²) in [7, 11) is 0. The van der Waals surface area contributed by atoms with Gasteiger partial charge < -0.3 is 9.67 Å². The minimum absolute atomic E-state index is 0.00388. The molecule has 0 fully saturated rings. The third-order valence-electron chi connectivity index (χ3n) is 4.22. The van der Waals surface area contributed by atoms with Gasteiger partial charge in [0.1, 0.15) is 0 Å². The Kier molecular flexibility index (Phi) is 4.25. The Morgan fingerprint density at radius 1 is 1.22 bits per heavy atom. The number of carboxylic acid groups (broad SMARTS) is 1. The molecule has 0 amide bonds. The molecule has 0 saturated carbocycles. The molecule has 27 heavy (non-hydrogen) atoms. The number of aromatic nitrogens is 6. The Balaban J connectivity index is 1.58. The number of aromatic carboxylic acids is 1. The van der Waals surface area contributed by atoms with Crippen molar-refractivity contribution in [1.82, 2.24) is 29.3 Å². The van der Waals surface area contributed by atoms with E-state index in [0.29, 0.717) is 17.7 Å². The average molecular weight is 364 g/mol. The van der Waals surface area contributed by atoms with Crippen molar-refractivity contribution in [3.05, 3.63) is 70.5 Å². The molecule has 0 radical (unpaired) electrons. The van der Waals surface area contributed by atoms with Crippen LogP contribution in [0.3, 0.4) is 0 Å². The monoisotopic (exact) mass is 364 g/mol. The molecule has 0 saturated heterocycles. The molecule has 4 rings (SSSR count). The van der Waals surface area contributed by atoms with Gasteiger partial charge in [-0.3, -0.25) is 9.78 Å². The van der Waals surface area contributed by atoms with Crippen LogP contribution in [-0.4, -0.2) is 40.4 Å². The lowest BCUT2D eigenvalue weighted by molar-refractivity contribution is 0.0697. The molecule has 0 spiro atoms. The van der Waals surface area contributed by atoms with Gasteiger partial charge in [0, 0.05) is 12.7 Å². The van der Waals surface area contributed by atoms with Gasteiger partial charge in [-0.1, -0.05) is 30.3 Å². The van der Waals surface area contributed by atoms with E-state index in [-0.39, 0.29) is 17.1 Å². The van der Waals surface area contributed by atoms with Crippen LogP contribution < -0.4 is 5.56 Å². The first-order valence-corrected chi connectivity index (χ1v) is 8.39. The summed E-state index contributed by atoms with van der Waals surface area (Å²) in [6, 6.07) is 10.1. The molecular formula is C18H16N6O3. The van der Waals surface area contributed by atoms with Crippen molar-refractivity contribution in [2.24, 2.45) is 0 Å². The molecule has 0 atom stereocenters. The highest BCUT2D eigenvalue weighted by Crippen LogP contribution is 2.10. The number of imidazole rings is 1. The molecular weight excluding hydrogens is 348 g/mol. The summed E-state index contributed by atoms with van der Waals surface area (Å²) < 4.78 is 2.98. The normalized spacial score (nSPS) is 11.1. The summed E-state index contributed by atoms with van der Waals surface area (Å²) in [6.45, 7) is 0.639. The maximum Gasteiger partial charge on any atom is 0.338 e. The van der Waals surface area contributed by atoms with E-state index >= 15 is 0 Å². The fourth-order valence-corrected chi connectivity index (χ4v) is 2.90. The Hall–Kier alpha value is -3.75. The second-order valence-corrected chi connectivity index (χ2v) is 6.07. The molecule has 136 valence electrons. The third-order valence-corrected chi connectivity index (χ3v) is 4.22. The van der Waals surface area contributed by atoms with Crippen molar-refractivity contribution >= 4 is 17.1 Å². The van der Waals surface area contributed by atoms with Crippen molar-refractivity contribution in [2.75, 3.05) is 0 Å². The molecule has 9 nitrogen and oxygen atoms in total. The van der Waals surface area contributed by atoms with Gasteiger partial charge in [-0.05, 0) is 18.4 Å². The predicted molar refractivity (Wildman–Crippen MR) is 97.0 cm³/mol. The van der Waals surface area contributed by atoms with Crippen molar-refractivity contribution < 1.29 is 9.90 Å². The molecule has 0 bridgehead atoms. The summed E-state index contributed by atoms with van der Waals surface area (Å²) in [6.07, 6.45) is 5.82. The number of H-pyrrole nitrogens is 1. The van der Waals surface area contributed by atoms with E-state index < -0.39 is 5.97 Å². The predicted octanol–water partition coefficient (Wildman–Crippen LogP) is 1.64. The minimum atomic E-state index is -1.10. The van der Waals surface area contributed by atoms with Gasteiger partial charge >= 0.3 is 5.97 Å². The Morgan fingerprint density at radius 3 is 2.78 bits per heavy atom. The zero-order valence-electron chi connectivity index (χ0n) is 14.2. The van der Waals surface area contributed by atoms with Crippen LogP contribution in [0.15, 0.2) is 53.8 Å². The zero-order chi connectivity index (χ0) is 18.8. The molecule has 0 aliphatic rings. The number of fused-ring (bicyclic) bond motifs is 1. The van der Waals surface area contributed by atoms with Gasteiger partial charge in [-0.25, -0.2) is 14.5 Å². The number of hydrogen-bond acceptors (Lipinski definition) is 5. The number of aromatic amines is 1. The fraction of sp³-hybridized carbons (Fsp3) is 0.167. The van der Waals surface area contributed by atoms with E-state index in [1.807, 2.05) is 18.2 Å². The van der Waals surface area contributed by atoms with Crippen molar-refractivity contribution in [3.63, 3.8) is 0 Å². The van der Waals surface area contributed by atoms with Crippen LogP contribution in [0, 0.1) is 0 Å². The van der Waals surface area contributed by atoms with Crippen molar-refractivity contribution in [2.45, 2.75) is 19.4 Å². The van der Waals surface area contributed by atoms with Gasteiger partial charge in [0.15, 0.2) is 11.2 Å². The molecule has 1 aromatic carbocycles. The highest BCUT2D eigenvalue weighted by Gasteiger charge is 2.13. The number of carbonyl (C=O) groups is 1. The second-order valence-electron chi connectivity index (χ2n) is 6.07. The lowest BCUT2D eigenvalue weighted by Gasteiger charge is -2.05. The molecule has 0 aliphatic carbocycles. The van der Waals surface area contributed by atoms with Gasteiger partial charge in [0.05, 0.1) is 18.1 Å². The number of aryl methyl sites for hydroxylation is 2. The average Bonchev–Trinajstić information content (AvgIpc) is 3.30. The molecule has 2 N–H and O–H groups in total. The molecule has 0 unspecified atom stereocenters. The van der Waals surface area contributed by atoms with Crippen molar-refractivity contribution in [1.29, 1.82) is 0 Å². The van der Waals surface area contributed by atoms with E-state index in [9.17, 15) is 9.59 Å². The number of hydrogen-bond donors (Lipinski definition) is 2. The molecule has 0 aliphatic heterocycles. The van der Waals surface area contributed by atoms with Crippen LogP contribution >= 0.6 is 0 Å². The van der Waals surface area contributed by atoms with Gasteiger partial charge in [0.25, 0.3) is 5.56 Å². The van der Waals surface area contributed by atoms with E-state index in [0.717, 1.165) is 12.8 Å². The Labute approximate surface area is 152 Å². The summed E-state index contributed by atoms with van der Waals surface area (Å²) in [5.41, 5.74) is 1.58. The topological polar surface area (TPSA) is 119 Å². The maximum absolute atomic E-state index is 12.5. The first-order chi connectivity index (χ1) is 13.1. The molecule has 3 aromatic heterocycles. The highest BCUT2D eigenvalue weighted by molar-refractivity contribution is 5.86. The standard InChI is InChI=1S/C18H16N6O3/c25-16-14-15(21-18(22-16)24-10-13(9-20-24)17(26)27)19-11-23(14)8-4-7-12-5-2-1-3-6-12/h1-3,5-6,9-11H,4,7-8H2,(H,26,27)(H,21,22,25). The highest BCUT2D eigenvalue weighted by atomic mass is 16.4. The summed E-state index contributed by atoms with van der Waals surface area (Å²) in [5.74, 6) is -0.984. The smallest absolute Gasteiger partial charge is 0.338 e. The van der Waals surface area contributed by atoms with E-state index in [1.54, 1.807) is 10.9 Å². The summed E-state index contributed by atoms with van der Waals surface area (Å²) >= 11 is 0. The van der Waals surface area contributed by atoms with Gasteiger partial charge in [0.2, 0.25) is 5.95 Å². The molecule has 9 heteroatoms. The Morgan fingerprint density at radius 2 is 2.04 bits per heavy atom.